The van der Waals surface area contributed by atoms with Gasteiger partial charge in [0.25, 0.3) is 0 Å². The molecule has 0 fully saturated rings. The first kappa shape index (κ1) is 11.5. The summed E-state index contributed by atoms with van der Waals surface area (Å²) in [5, 5.41) is 17.6. The summed E-state index contributed by atoms with van der Waals surface area (Å²) < 4.78 is 0. The first-order chi connectivity index (χ1) is 6.15. The van der Waals surface area contributed by atoms with Crippen LogP contribution in [-0.2, 0) is 0 Å². The van der Waals surface area contributed by atoms with Crippen LogP contribution in [-0.4, -0.2) is 31.6 Å². The van der Waals surface area contributed by atoms with E-state index in [1.807, 2.05) is 14.1 Å². The van der Waals surface area contributed by atoms with E-state index in [1.54, 1.807) is 29.6 Å². The summed E-state index contributed by atoms with van der Waals surface area (Å²) in [5.41, 5.74) is 0.0469. The van der Waals surface area contributed by atoms with Gasteiger partial charge >= 0.3 is 0 Å². The summed E-state index contributed by atoms with van der Waals surface area (Å²) >= 11 is 1.28. The Morgan fingerprint density at radius 1 is 1.38 bits per heavy atom. The van der Waals surface area contributed by atoms with E-state index in [0.717, 1.165) is 0 Å². The Balaban J connectivity index is 4.82. The molecule has 4 nitrogen and oxygen atoms in total. The summed E-state index contributed by atoms with van der Waals surface area (Å²) in [6, 6.07) is 3.58. The van der Waals surface area contributed by atoms with Crippen molar-refractivity contribution in [1.82, 2.24) is 4.90 Å². The van der Waals surface area contributed by atoms with Crippen molar-refractivity contribution in [3.63, 3.8) is 0 Å². The molecule has 0 aromatic heterocycles. The molecule has 0 N–H and O–H groups in total. The first-order valence-corrected chi connectivity index (χ1v) is 4.67. The lowest BCUT2D eigenvalue weighted by Gasteiger charge is -2.02. The number of thioether (sulfide) groups is 1. The van der Waals surface area contributed by atoms with Crippen molar-refractivity contribution in [2.45, 2.75) is 0 Å². The summed E-state index contributed by atoms with van der Waals surface area (Å²) in [6.45, 7) is 0. The molecule has 0 bridgehead atoms. The van der Waals surface area contributed by atoms with Crippen molar-refractivity contribution in [3.8, 4) is 12.1 Å². The summed E-state index contributed by atoms with van der Waals surface area (Å²) in [6.07, 6.45) is 3.33. The molecule has 0 saturated carbocycles. The molecular formula is C8H10N4S. The van der Waals surface area contributed by atoms with E-state index in [-0.39, 0.29) is 5.57 Å². The zero-order valence-corrected chi connectivity index (χ0v) is 8.59. The Labute approximate surface area is 82.2 Å². The van der Waals surface area contributed by atoms with Gasteiger partial charge in [-0.1, -0.05) is 0 Å². The number of hydrogen-bond donors (Lipinski definition) is 0. The van der Waals surface area contributed by atoms with Gasteiger partial charge in [-0.15, -0.1) is 11.8 Å². The first-order valence-electron chi connectivity index (χ1n) is 3.44. The number of hydrogen-bond acceptors (Lipinski definition) is 4. The van der Waals surface area contributed by atoms with E-state index in [0.29, 0.717) is 5.03 Å². The standard InChI is InChI=1S/C8H10N4S/c1-12(2)6-11-8(13-3)7(4-9)5-10/h6H,1-3H3. The van der Waals surface area contributed by atoms with Gasteiger partial charge in [-0.3, -0.25) is 0 Å². The SMILES string of the molecule is CSC(N=CN(C)C)=C(C#N)C#N. The van der Waals surface area contributed by atoms with E-state index < -0.39 is 0 Å². The fraction of sp³-hybridized carbons (Fsp3) is 0.375. The molecule has 0 aliphatic carbocycles. The third-order valence-corrected chi connectivity index (χ3v) is 1.73. The maximum Gasteiger partial charge on any atom is 0.161 e. The molecule has 0 unspecified atom stereocenters. The van der Waals surface area contributed by atoms with Gasteiger partial charge in [-0.05, 0) is 6.26 Å². The third kappa shape index (κ3) is 4.19. The molecule has 0 aliphatic rings. The second kappa shape index (κ2) is 6.10. The molecule has 0 heterocycles. The number of aliphatic imine (C=N–C) groups is 1. The quantitative estimate of drug-likeness (QED) is 0.384. The number of allylic oxidation sites excluding steroid dienone is 1. The highest BCUT2D eigenvalue weighted by Gasteiger charge is 2.01. The zero-order valence-electron chi connectivity index (χ0n) is 7.77. The van der Waals surface area contributed by atoms with Crippen molar-refractivity contribution >= 4 is 18.1 Å². The minimum absolute atomic E-state index is 0.0469. The van der Waals surface area contributed by atoms with Gasteiger partial charge in [0.2, 0.25) is 0 Å². The lowest BCUT2D eigenvalue weighted by atomic mass is 10.4. The van der Waals surface area contributed by atoms with Gasteiger partial charge < -0.3 is 4.90 Å². The lowest BCUT2D eigenvalue weighted by molar-refractivity contribution is 0.643. The second-order valence-electron chi connectivity index (χ2n) is 2.32. The van der Waals surface area contributed by atoms with E-state index in [2.05, 4.69) is 4.99 Å². The molecule has 5 heteroatoms. The molecule has 0 aromatic rings. The fourth-order valence-corrected chi connectivity index (χ4v) is 0.956. The van der Waals surface area contributed by atoms with Gasteiger partial charge in [0, 0.05) is 14.1 Å². The molecule has 0 rings (SSSR count). The second-order valence-corrected chi connectivity index (χ2v) is 3.11. The van der Waals surface area contributed by atoms with Crippen LogP contribution in [0.5, 0.6) is 0 Å². The van der Waals surface area contributed by atoms with Crippen LogP contribution in [0.3, 0.4) is 0 Å². The Kier molecular flexibility index (Phi) is 5.42. The van der Waals surface area contributed by atoms with Crippen molar-refractivity contribution in [2.24, 2.45) is 4.99 Å². The monoisotopic (exact) mass is 194 g/mol. The topological polar surface area (TPSA) is 63.2 Å². The van der Waals surface area contributed by atoms with Crippen LogP contribution >= 0.6 is 11.8 Å². The Hall–Kier alpha value is -1.46. The van der Waals surface area contributed by atoms with E-state index in [1.165, 1.54) is 11.8 Å². The van der Waals surface area contributed by atoms with Crippen LogP contribution in [0.1, 0.15) is 0 Å². The maximum atomic E-state index is 8.56. The molecule has 0 saturated heterocycles. The molecule has 0 aliphatic heterocycles. The highest BCUT2D eigenvalue weighted by molar-refractivity contribution is 8.02. The largest absolute Gasteiger partial charge is 0.369 e. The smallest absolute Gasteiger partial charge is 0.161 e. The van der Waals surface area contributed by atoms with Crippen molar-refractivity contribution in [2.75, 3.05) is 20.4 Å². The Bertz CT molecular complexity index is 287. The zero-order chi connectivity index (χ0) is 10.3. The molecule has 0 amide bonds. The molecule has 68 valence electrons. The van der Waals surface area contributed by atoms with E-state index in [9.17, 15) is 0 Å². The number of nitriles is 2. The van der Waals surface area contributed by atoms with Crippen molar-refractivity contribution in [1.29, 1.82) is 10.5 Å². The van der Waals surface area contributed by atoms with Gasteiger partial charge in [-0.25, -0.2) is 4.99 Å². The predicted molar refractivity (Wildman–Crippen MR) is 53.9 cm³/mol. The molecule has 0 aromatic carbocycles. The van der Waals surface area contributed by atoms with Crippen LogP contribution in [0.2, 0.25) is 0 Å². The molecule has 0 spiro atoms. The van der Waals surface area contributed by atoms with E-state index in [4.69, 9.17) is 10.5 Å². The van der Waals surface area contributed by atoms with Crippen LogP contribution in [0.15, 0.2) is 15.6 Å². The average molecular weight is 194 g/mol. The number of nitrogens with zero attached hydrogens (tertiary/aromatic N) is 4. The van der Waals surface area contributed by atoms with Gasteiger partial charge in [0.05, 0.1) is 6.34 Å². The molecule has 13 heavy (non-hydrogen) atoms. The fourth-order valence-electron chi connectivity index (χ4n) is 0.508. The minimum Gasteiger partial charge on any atom is -0.369 e. The normalized spacial score (nSPS) is 9.00. The highest BCUT2D eigenvalue weighted by Crippen LogP contribution is 2.16. The number of rotatable bonds is 3. The lowest BCUT2D eigenvalue weighted by Crippen LogP contribution is -2.07. The third-order valence-electron chi connectivity index (χ3n) is 1.04. The Morgan fingerprint density at radius 3 is 2.23 bits per heavy atom. The average Bonchev–Trinajstić information content (AvgIpc) is 2.11. The van der Waals surface area contributed by atoms with Crippen molar-refractivity contribution < 1.29 is 0 Å². The van der Waals surface area contributed by atoms with Crippen LogP contribution in [0.4, 0.5) is 0 Å². The Morgan fingerprint density at radius 2 is 1.92 bits per heavy atom. The molecule has 0 atom stereocenters. The molecule has 0 radical (unpaired) electrons. The van der Waals surface area contributed by atoms with Crippen molar-refractivity contribution in [3.05, 3.63) is 10.6 Å². The van der Waals surface area contributed by atoms with Gasteiger partial charge in [0.1, 0.15) is 17.2 Å². The minimum atomic E-state index is 0.0469. The maximum absolute atomic E-state index is 8.56. The highest BCUT2D eigenvalue weighted by atomic mass is 32.2. The van der Waals surface area contributed by atoms with Gasteiger partial charge in [0.15, 0.2) is 5.57 Å². The molecular weight excluding hydrogens is 184 g/mol. The van der Waals surface area contributed by atoms with Crippen LogP contribution < -0.4 is 0 Å². The summed E-state index contributed by atoms with van der Waals surface area (Å²) in [4.78, 5) is 5.72. The predicted octanol–water partition coefficient (Wildman–Crippen LogP) is 1.20. The van der Waals surface area contributed by atoms with Crippen LogP contribution in [0.25, 0.3) is 0 Å². The summed E-state index contributed by atoms with van der Waals surface area (Å²) in [5.74, 6) is 0. The van der Waals surface area contributed by atoms with Crippen LogP contribution in [0, 0.1) is 22.7 Å². The van der Waals surface area contributed by atoms with Gasteiger partial charge in [-0.2, -0.15) is 10.5 Å². The summed E-state index contributed by atoms with van der Waals surface area (Å²) in [7, 11) is 3.64. The van der Waals surface area contributed by atoms with E-state index >= 15 is 0 Å².